The molecule has 2 N–H and O–H groups in total. The van der Waals surface area contributed by atoms with E-state index in [2.05, 4.69) is 20.7 Å². The molecule has 0 unspecified atom stereocenters. The molecule has 88 valence electrons. The quantitative estimate of drug-likeness (QED) is 0.606. The van der Waals surface area contributed by atoms with E-state index in [0.29, 0.717) is 5.69 Å². The third-order valence-electron chi connectivity index (χ3n) is 2.29. The van der Waals surface area contributed by atoms with Gasteiger partial charge in [-0.3, -0.25) is 9.89 Å². The van der Waals surface area contributed by atoms with Gasteiger partial charge >= 0.3 is 0 Å². The van der Waals surface area contributed by atoms with Crippen LogP contribution in [0.15, 0.2) is 29.5 Å². The number of carbonyl (C=O) groups excluding carboxylic acids is 1. The average molecular weight is 231 g/mol. The number of rotatable bonds is 3. The Morgan fingerprint density at radius 2 is 2.47 bits per heavy atom. The van der Waals surface area contributed by atoms with E-state index in [0.717, 1.165) is 11.4 Å². The molecule has 6 heteroatoms. The lowest BCUT2D eigenvalue weighted by molar-refractivity contribution is 0.0950. The smallest absolute Gasteiger partial charge is 0.291 e. The number of aromatic nitrogens is 3. The predicted octanol–water partition coefficient (Wildman–Crippen LogP) is 0.821. The van der Waals surface area contributed by atoms with Gasteiger partial charge in [0.2, 0.25) is 0 Å². The normalized spacial score (nSPS) is 10.9. The van der Waals surface area contributed by atoms with E-state index < -0.39 is 0 Å². The zero-order chi connectivity index (χ0) is 12.3. The number of aryl methyl sites for hydroxylation is 2. The van der Waals surface area contributed by atoms with Gasteiger partial charge in [0.15, 0.2) is 5.69 Å². The van der Waals surface area contributed by atoms with Crippen LogP contribution in [-0.4, -0.2) is 26.9 Å². The molecule has 2 aromatic rings. The third-order valence-corrected chi connectivity index (χ3v) is 2.29. The minimum atomic E-state index is -0.334. The molecule has 0 aromatic carbocycles. The van der Waals surface area contributed by atoms with Gasteiger partial charge in [0, 0.05) is 18.9 Å². The van der Waals surface area contributed by atoms with Crippen LogP contribution in [0.4, 0.5) is 0 Å². The summed E-state index contributed by atoms with van der Waals surface area (Å²) in [7, 11) is 1.90. The molecule has 0 fully saturated rings. The second-order valence-electron chi connectivity index (χ2n) is 3.68. The zero-order valence-electron chi connectivity index (χ0n) is 9.64. The van der Waals surface area contributed by atoms with Crippen LogP contribution in [0.25, 0.3) is 0 Å². The predicted molar refractivity (Wildman–Crippen MR) is 63.8 cm³/mol. The van der Waals surface area contributed by atoms with Gasteiger partial charge in [-0.25, -0.2) is 5.43 Å². The van der Waals surface area contributed by atoms with Crippen LogP contribution >= 0.6 is 0 Å². The van der Waals surface area contributed by atoms with E-state index in [1.165, 1.54) is 0 Å². The van der Waals surface area contributed by atoms with Crippen molar-refractivity contribution in [1.29, 1.82) is 0 Å². The van der Waals surface area contributed by atoms with Crippen molar-refractivity contribution in [2.75, 3.05) is 0 Å². The first-order valence-electron chi connectivity index (χ1n) is 5.13. The molecular weight excluding hydrogens is 218 g/mol. The Morgan fingerprint density at radius 3 is 3.06 bits per heavy atom. The third kappa shape index (κ3) is 2.60. The number of carbonyl (C=O) groups is 1. The van der Waals surface area contributed by atoms with Gasteiger partial charge in [-0.15, -0.1) is 0 Å². The van der Waals surface area contributed by atoms with E-state index in [4.69, 9.17) is 0 Å². The highest BCUT2D eigenvalue weighted by Crippen LogP contribution is 1.97. The van der Waals surface area contributed by atoms with E-state index >= 15 is 0 Å². The molecular formula is C11H13N5O. The lowest BCUT2D eigenvalue weighted by Gasteiger charge is -1.96. The first-order valence-corrected chi connectivity index (χ1v) is 5.13. The van der Waals surface area contributed by atoms with Crippen LogP contribution in [0.3, 0.4) is 0 Å². The monoisotopic (exact) mass is 231 g/mol. The fraction of sp³-hybridized carbons (Fsp3) is 0.182. The minimum Gasteiger partial charge on any atom is -0.350 e. The summed E-state index contributed by atoms with van der Waals surface area (Å²) in [6.45, 7) is 1.83. The summed E-state index contributed by atoms with van der Waals surface area (Å²) >= 11 is 0. The highest BCUT2D eigenvalue weighted by molar-refractivity contribution is 5.93. The second kappa shape index (κ2) is 4.65. The second-order valence-corrected chi connectivity index (χ2v) is 3.68. The maximum Gasteiger partial charge on any atom is 0.291 e. The molecule has 0 radical (unpaired) electrons. The maximum absolute atomic E-state index is 11.6. The topological polar surface area (TPSA) is 75.1 Å². The Morgan fingerprint density at radius 1 is 1.65 bits per heavy atom. The largest absolute Gasteiger partial charge is 0.350 e. The molecule has 2 heterocycles. The van der Waals surface area contributed by atoms with Gasteiger partial charge < -0.3 is 4.57 Å². The molecule has 0 spiro atoms. The van der Waals surface area contributed by atoms with E-state index in [9.17, 15) is 4.79 Å². The molecule has 0 saturated heterocycles. The van der Waals surface area contributed by atoms with Crippen LogP contribution in [-0.2, 0) is 7.05 Å². The molecule has 0 bridgehead atoms. The van der Waals surface area contributed by atoms with E-state index in [-0.39, 0.29) is 5.91 Å². The summed E-state index contributed by atoms with van der Waals surface area (Å²) in [5, 5.41) is 10.4. The van der Waals surface area contributed by atoms with Gasteiger partial charge in [-0.2, -0.15) is 10.2 Å². The first-order chi connectivity index (χ1) is 8.16. The van der Waals surface area contributed by atoms with E-state index in [1.54, 1.807) is 12.3 Å². The summed E-state index contributed by atoms with van der Waals surface area (Å²) in [6.07, 6.45) is 3.48. The molecule has 0 saturated carbocycles. The Kier molecular flexibility index (Phi) is 3.04. The first kappa shape index (κ1) is 11.1. The summed E-state index contributed by atoms with van der Waals surface area (Å²) in [4.78, 5) is 11.6. The highest BCUT2D eigenvalue weighted by Gasteiger charge is 2.07. The van der Waals surface area contributed by atoms with Gasteiger partial charge in [0.05, 0.1) is 11.9 Å². The molecule has 0 aliphatic rings. The summed E-state index contributed by atoms with van der Waals surface area (Å²) in [6, 6.07) is 5.46. The van der Waals surface area contributed by atoms with Crippen LogP contribution in [0.2, 0.25) is 0 Å². The Bertz CT molecular complexity index is 552. The standard InChI is InChI=1S/C11H13N5O/c1-8-6-10(14-13-8)11(17)15-12-7-9-4-3-5-16(9)2/h3-7H,1-2H3,(H,13,14)(H,15,17)/b12-7-. The SMILES string of the molecule is Cc1cc(C(=O)N/N=C\c2cccn2C)n[nH]1. The molecule has 0 atom stereocenters. The fourth-order valence-corrected chi connectivity index (χ4v) is 1.36. The number of hydrogen-bond acceptors (Lipinski definition) is 3. The van der Waals surface area contributed by atoms with Crippen LogP contribution in [0.5, 0.6) is 0 Å². The van der Waals surface area contributed by atoms with Crippen molar-refractivity contribution in [1.82, 2.24) is 20.2 Å². The lowest BCUT2D eigenvalue weighted by Crippen LogP contribution is -2.18. The molecule has 1 amide bonds. The number of hydrazone groups is 1. The van der Waals surface area contributed by atoms with Crippen molar-refractivity contribution < 1.29 is 4.79 Å². The molecule has 2 aromatic heterocycles. The number of nitrogens with one attached hydrogen (secondary N) is 2. The number of aromatic amines is 1. The summed E-state index contributed by atoms with van der Waals surface area (Å²) < 4.78 is 1.90. The van der Waals surface area contributed by atoms with Crippen LogP contribution < -0.4 is 5.43 Å². The fourth-order valence-electron chi connectivity index (χ4n) is 1.36. The van der Waals surface area contributed by atoms with Gasteiger partial charge in [-0.05, 0) is 25.1 Å². The van der Waals surface area contributed by atoms with Crippen molar-refractivity contribution >= 4 is 12.1 Å². The molecule has 17 heavy (non-hydrogen) atoms. The lowest BCUT2D eigenvalue weighted by atomic mass is 10.4. The van der Waals surface area contributed by atoms with Crippen molar-refractivity contribution in [2.24, 2.45) is 12.1 Å². The number of hydrogen-bond donors (Lipinski definition) is 2. The zero-order valence-corrected chi connectivity index (χ0v) is 9.64. The number of H-pyrrole nitrogens is 1. The molecule has 0 aliphatic carbocycles. The number of amides is 1. The van der Waals surface area contributed by atoms with Crippen LogP contribution in [0.1, 0.15) is 21.9 Å². The Balaban J connectivity index is 1.97. The Hall–Kier alpha value is -2.37. The maximum atomic E-state index is 11.6. The Labute approximate surface area is 98.3 Å². The van der Waals surface area contributed by atoms with Crippen LogP contribution in [0, 0.1) is 6.92 Å². The van der Waals surface area contributed by atoms with E-state index in [1.807, 2.05) is 36.9 Å². The number of nitrogens with zero attached hydrogens (tertiary/aromatic N) is 3. The minimum absolute atomic E-state index is 0.325. The molecule has 6 nitrogen and oxygen atoms in total. The van der Waals surface area contributed by atoms with Crippen molar-refractivity contribution in [3.63, 3.8) is 0 Å². The van der Waals surface area contributed by atoms with Crippen molar-refractivity contribution in [2.45, 2.75) is 6.92 Å². The van der Waals surface area contributed by atoms with Gasteiger partial charge in [-0.1, -0.05) is 0 Å². The molecule has 2 rings (SSSR count). The summed E-state index contributed by atoms with van der Waals surface area (Å²) in [5.41, 5.74) is 4.48. The highest BCUT2D eigenvalue weighted by atomic mass is 16.2. The van der Waals surface area contributed by atoms with Crippen molar-refractivity contribution in [3.05, 3.63) is 41.5 Å². The van der Waals surface area contributed by atoms with Crippen molar-refractivity contribution in [3.8, 4) is 0 Å². The molecule has 0 aliphatic heterocycles. The van der Waals surface area contributed by atoms with Gasteiger partial charge in [0.1, 0.15) is 0 Å². The average Bonchev–Trinajstić information content (AvgIpc) is 2.88. The van der Waals surface area contributed by atoms with Gasteiger partial charge in [0.25, 0.3) is 5.91 Å². The summed E-state index contributed by atoms with van der Waals surface area (Å²) in [5.74, 6) is -0.334.